The predicted molar refractivity (Wildman–Crippen MR) is 62.2 cm³/mol. The molecule has 5 nitrogen and oxygen atoms in total. The molecule has 0 bridgehead atoms. The number of hydrogen-bond acceptors (Lipinski definition) is 5. The van der Waals surface area contributed by atoms with Crippen molar-refractivity contribution in [1.82, 2.24) is 0 Å². The molecule has 5 heteroatoms. The van der Waals surface area contributed by atoms with Crippen LogP contribution in [0.25, 0.3) is 0 Å². The number of carbonyl (C=O) groups is 2. The van der Waals surface area contributed by atoms with Crippen LogP contribution in [-0.4, -0.2) is 35.9 Å². The van der Waals surface area contributed by atoms with Crippen molar-refractivity contribution < 1.29 is 24.2 Å². The largest absolute Gasteiger partial charge is 0.463 e. The van der Waals surface area contributed by atoms with E-state index in [0.29, 0.717) is 12.8 Å². The lowest BCUT2D eigenvalue weighted by Crippen LogP contribution is -2.32. The van der Waals surface area contributed by atoms with Gasteiger partial charge in [-0.25, -0.2) is 9.59 Å². The number of esters is 2. The number of rotatable bonds is 8. The zero-order chi connectivity index (χ0) is 13.3. The molecule has 1 N–H and O–H groups in total. The lowest BCUT2D eigenvalue weighted by molar-refractivity contribution is -0.145. The molecule has 1 atom stereocenters. The Morgan fingerprint density at radius 3 is 2.29 bits per heavy atom. The Morgan fingerprint density at radius 2 is 1.76 bits per heavy atom. The Kier molecular flexibility index (Phi) is 6.89. The number of aliphatic hydroxyl groups is 1. The molecule has 0 aromatic carbocycles. The van der Waals surface area contributed by atoms with Gasteiger partial charge in [0.25, 0.3) is 0 Å². The minimum absolute atomic E-state index is 0.118. The molecule has 0 aromatic heterocycles. The van der Waals surface area contributed by atoms with Gasteiger partial charge in [-0.1, -0.05) is 13.2 Å². The molecule has 0 saturated heterocycles. The Bertz CT molecular complexity index is 293. The van der Waals surface area contributed by atoms with E-state index in [9.17, 15) is 14.7 Å². The molecule has 0 aliphatic rings. The summed E-state index contributed by atoms with van der Waals surface area (Å²) >= 11 is 0. The number of ether oxygens (including phenoxy) is 2. The summed E-state index contributed by atoms with van der Waals surface area (Å²) in [6, 6.07) is 0. The summed E-state index contributed by atoms with van der Waals surface area (Å²) in [5.41, 5.74) is -1.14. The van der Waals surface area contributed by atoms with Crippen LogP contribution in [0.4, 0.5) is 0 Å². The zero-order valence-electron chi connectivity index (χ0n) is 9.98. The number of hydrogen-bond donors (Lipinski definition) is 1. The zero-order valence-corrected chi connectivity index (χ0v) is 9.98. The fourth-order valence-corrected chi connectivity index (χ4v) is 1.04. The van der Waals surface area contributed by atoms with Crippen LogP contribution in [0.15, 0.2) is 25.3 Å². The summed E-state index contributed by atoms with van der Waals surface area (Å²) < 4.78 is 9.47. The molecule has 0 spiro atoms. The van der Waals surface area contributed by atoms with E-state index in [1.807, 2.05) is 0 Å². The maximum Gasteiger partial charge on any atom is 0.330 e. The van der Waals surface area contributed by atoms with E-state index in [-0.39, 0.29) is 13.2 Å². The van der Waals surface area contributed by atoms with Crippen molar-refractivity contribution in [3.05, 3.63) is 25.3 Å². The van der Waals surface area contributed by atoms with Gasteiger partial charge in [-0.05, 0) is 19.8 Å². The normalized spacial score (nSPS) is 13.3. The first-order chi connectivity index (χ1) is 7.91. The van der Waals surface area contributed by atoms with Crippen LogP contribution in [0.2, 0.25) is 0 Å². The lowest BCUT2D eigenvalue weighted by atomic mass is 10.0. The van der Waals surface area contributed by atoms with Gasteiger partial charge in [0.15, 0.2) is 0 Å². The Morgan fingerprint density at radius 1 is 1.24 bits per heavy atom. The third-order valence-electron chi connectivity index (χ3n) is 1.96. The molecule has 0 fully saturated rings. The van der Waals surface area contributed by atoms with Crippen LogP contribution in [0.5, 0.6) is 0 Å². The molecule has 0 radical (unpaired) electrons. The summed E-state index contributed by atoms with van der Waals surface area (Å²) in [5.74, 6) is -1.08. The molecule has 0 rings (SSSR count). The first-order valence-corrected chi connectivity index (χ1v) is 5.22. The van der Waals surface area contributed by atoms with Crippen LogP contribution < -0.4 is 0 Å². The van der Waals surface area contributed by atoms with Gasteiger partial charge in [0.05, 0.1) is 12.2 Å². The monoisotopic (exact) mass is 242 g/mol. The smallest absolute Gasteiger partial charge is 0.330 e. The fraction of sp³-hybridized carbons (Fsp3) is 0.500. The van der Waals surface area contributed by atoms with Gasteiger partial charge in [0.2, 0.25) is 0 Å². The summed E-state index contributed by atoms with van der Waals surface area (Å²) in [5, 5.41) is 9.81. The summed E-state index contributed by atoms with van der Waals surface area (Å²) in [7, 11) is 0. The third-order valence-corrected chi connectivity index (χ3v) is 1.96. The molecule has 0 aliphatic heterocycles. The highest BCUT2D eigenvalue weighted by atomic mass is 16.5. The Labute approximate surface area is 101 Å². The van der Waals surface area contributed by atoms with Crippen molar-refractivity contribution in [3.8, 4) is 0 Å². The molecule has 0 aliphatic carbocycles. The third kappa shape index (κ3) is 8.21. The van der Waals surface area contributed by atoms with Gasteiger partial charge >= 0.3 is 11.9 Å². The van der Waals surface area contributed by atoms with Crippen LogP contribution in [0.1, 0.15) is 19.8 Å². The second-order valence-electron chi connectivity index (χ2n) is 3.78. The minimum Gasteiger partial charge on any atom is -0.463 e. The topological polar surface area (TPSA) is 72.8 Å². The average molecular weight is 242 g/mol. The van der Waals surface area contributed by atoms with Crippen LogP contribution >= 0.6 is 0 Å². The molecule has 96 valence electrons. The van der Waals surface area contributed by atoms with Crippen molar-refractivity contribution >= 4 is 11.9 Å². The first-order valence-electron chi connectivity index (χ1n) is 5.22. The Hall–Kier alpha value is -1.62. The SMILES string of the molecule is C=CC(=O)OCCCC(C)(O)COC(=O)C=C. The van der Waals surface area contributed by atoms with Gasteiger partial charge in [-0.2, -0.15) is 0 Å². The first kappa shape index (κ1) is 15.4. The maximum absolute atomic E-state index is 10.8. The maximum atomic E-state index is 10.8. The van der Waals surface area contributed by atoms with Crippen LogP contribution in [0, 0.1) is 0 Å². The molecule has 0 amide bonds. The standard InChI is InChI=1S/C12H18O5/c1-4-10(13)16-8-6-7-12(3,15)9-17-11(14)5-2/h4-5,15H,1-2,6-9H2,3H3. The molecule has 0 saturated carbocycles. The lowest BCUT2D eigenvalue weighted by Gasteiger charge is -2.22. The molecule has 1 unspecified atom stereocenters. The van der Waals surface area contributed by atoms with Gasteiger partial charge in [-0.15, -0.1) is 0 Å². The summed E-state index contributed by atoms with van der Waals surface area (Å²) in [6.07, 6.45) is 2.92. The van der Waals surface area contributed by atoms with E-state index in [2.05, 4.69) is 13.2 Å². The van der Waals surface area contributed by atoms with Gasteiger partial charge in [0, 0.05) is 12.2 Å². The average Bonchev–Trinajstić information content (AvgIpc) is 2.31. The van der Waals surface area contributed by atoms with Crippen molar-refractivity contribution in [2.24, 2.45) is 0 Å². The molecular formula is C12H18O5. The predicted octanol–water partition coefficient (Wildman–Crippen LogP) is 0.976. The highest BCUT2D eigenvalue weighted by Crippen LogP contribution is 2.12. The van der Waals surface area contributed by atoms with Gasteiger partial charge in [0.1, 0.15) is 6.61 Å². The Balaban J connectivity index is 3.77. The van der Waals surface area contributed by atoms with Gasteiger partial charge < -0.3 is 14.6 Å². The van der Waals surface area contributed by atoms with E-state index in [4.69, 9.17) is 9.47 Å². The van der Waals surface area contributed by atoms with E-state index >= 15 is 0 Å². The second-order valence-corrected chi connectivity index (χ2v) is 3.78. The molecular weight excluding hydrogens is 224 g/mol. The summed E-state index contributed by atoms with van der Waals surface area (Å²) in [6.45, 7) is 8.11. The van der Waals surface area contributed by atoms with E-state index < -0.39 is 17.5 Å². The molecule has 0 heterocycles. The fourth-order valence-electron chi connectivity index (χ4n) is 1.04. The number of carbonyl (C=O) groups excluding carboxylic acids is 2. The van der Waals surface area contributed by atoms with E-state index in [1.165, 1.54) is 0 Å². The van der Waals surface area contributed by atoms with Crippen molar-refractivity contribution in [3.63, 3.8) is 0 Å². The van der Waals surface area contributed by atoms with Crippen LogP contribution in [-0.2, 0) is 19.1 Å². The van der Waals surface area contributed by atoms with E-state index in [0.717, 1.165) is 12.2 Å². The quantitative estimate of drug-likeness (QED) is 0.390. The summed E-state index contributed by atoms with van der Waals surface area (Å²) in [4.78, 5) is 21.5. The highest BCUT2D eigenvalue weighted by molar-refractivity contribution is 5.81. The van der Waals surface area contributed by atoms with Gasteiger partial charge in [-0.3, -0.25) is 0 Å². The highest BCUT2D eigenvalue weighted by Gasteiger charge is 2.21. The molecule has 0 aromatic rings. The van der Waals surface area contributed by atoms with Crippen molar-refractivity contribution in [2.75, 3.05) is 13.2 Å². The van der Waals surface area contributed by atoms with Crippen LogP contribution in [0.3, 0.4) is 0 Å². The van der Waals surface area contributed by atoms with Crippen molar-refractivity contribution in [2.45, 2.75) is 25.4 Å². The van der Waals surface area contributed by atoms with E-state index in [1.54, 1.807) is 6.92 Å². The van der Waals surface area contributed by atoms with Crippen molar-refractivity contribution in [1.29, 1.82) is 0 Å². The minimum atomic E-state index is -1.14. The molecule has 17 heavy (non-hydrogen) atoms. The second kappa shape index (κ2) is 7.62.